The number of hydrogen-bond donors (Lipinski definition) is 0. The van der Waals surface area contributed by atoms with Crippen LogP contribution in [0.15, 0.2) is 0 Å². The van der Waals surface area contributed by atoms with Crippen LogP contribution in [0.25, 0.3) is 0 Å². The van der Waals surface area contributed by atoms with Crippen LogP contribution < -0.4 is 0 Å². The summed E-state index contributed by atoms with van der Waals surface area (Å²) < 4.78 is 0. The van der Waals surface area contributed by atoms with Crippen molar-refractivity contribution < 1.29 is 0 Å². The van der Waals surface area contributed by atoms with Gasteiger partial charge in [-0.1, -0.05) is 0 Å². The average Bonchev–Trinajstić information content (AvgIpc) is 2.66. The van der Waals surface area contributed by atoms with Crippen LogP contribution >= 0.6 is 20.8 Å². The van der Waals surface area contributed by atoms with Gasteiger partial charge in [-0.05, 0) is 0 Å². The molecule has 0 saturated carbocycles. The molecular weight excluding hydrogens is 399 g/mol. The van der Waals surface area contributed by atoms with Crippen molar-refractivity contribution in [2.45, 2.75) is 130 Å². The molecule has 0 nitrogen and oxygen atoms in total. The summed E-state index contributed by atoms with van der Waals surface area (Å²) in [6, 6.07) is 0. The minimum absolute atomic E-state index is 1.37. The summed E-state index contributed by atoms with van der Waals surface area (Å²) in [5.74, 6) is 0. The molecule has 0 fully saturated rings. The first-order chi connectivity index (χ1) is 12.5. The van der Waals surface area contributed by atoms with Crippen molar-refractivity contribution in [1.82, 2.24) is 0 Å². The van der Waals surface area contributed by atoms with Crippen LogP contribution in [0.3, 0.4) is 0 Å². The molecule has 0 heterocycles. The molecule has 2 heteroatoms. The molecule has 0 amide bonds. The Hall–Kier alpha value is 0.910. The molecule has 0 aliphatic rings. The predicted octanol–water partition coefficient (Wildman–Crippen LogP) is 10.2. The summed E-state index contributed by atoms with van der Waals surface area (Å²) in [5, 5.41) is -1.57. The van der Waals surface area contributed by atoms with Crippen molar-refractivity contribution in [2.24, 2.45) is 0 Å². The second-order valence-corrected chi connectivity index (χ2v) is 20.7. The topological polar surface area (TPSA) is 0 Å². The molecule has 0 aromatic carbocycles. The zero-order valence-corrected chi connectivity index (χ0v) is 21.4. The molecule has 0 radical (unpaired) electrons. The monoisotopic (exact) mass is 450 g/mol. The Morgan fingerprint density at radius 3 is 0.962 bits per heavy atom. The second kappa shape index (κ2) is 16.8. The number of rotatable bonds is 20. The van der Waals surface area contributed by atoms with Crippen molar-refractivity contribution in [3.05, 3.63) is 0 Å². The SMILES string of the molecule is CCCCCCCCCCP(Br)(CC)(CC)CCCCCCCCCC. The van der Waals surface area contributed by atoms with Crippen LogP contribution in [0.5, 0.6) is 0 Å². The molecule has 0 N–H and O–H groups in total. The van der Waals surface area contributed by atoms with E-state index in [0.29, 0.717) is 0 Å². The van der Waals surface area contributed by atoms with Crippen LogP contribution in [0, 0.1) is 0 Å². The summed E-state index contributed by atoms with van der Waals surface area (Å²) in [7, 11) is 0. The van der Waals surface area contributed by atoms with Gasteiger partial charge in [-0.15, -0.1) is 0 Å². The molecule has 0 aliphatic heterocycles. The fraction of sp³-hybridized carbons (Fsp3) is 1.00. The van der Waals surface area contributed by atoms with Crippen LogP contribution in [-0.2, 0) is 0 Å². The van der Waals surface area contributed by atoms with E-state index >= 15 is 0 Å². The maximum absolute atomic E-state index is 4.43. The Labute approximate surface area is 175 Å². The van der Waals surface area contributed by atoms with E-state index in [0.717, 1.165) is 0 Å². The molecule has 0 spiro atoms. The van der Waals surface area contributed by atoms with Gasteiger partial charge in [0.15, 0.2) is 0 Å². The molecule has 26 heavy (non-hydrogen) atoms. The molecule has 0 aliphatic carbocycles. The summed E-state index contributed by atoms with van der Waals surface area (Å²) in [4.78, 5) is 0. The molecule has 0 rings (SSSR count). The zero-order chi connectivity index (χ0) is 19.6. The normalized spacial score (nSPS) is 13.7. The van der Waals surface area contributed by atoms with E-state index in [-0.39, 0.29) is 0 Å². The third-order valence-corrected chi connectivity index (χ3v) is 17.9. The second-order valence-electron chi connectivity index (χ2n) is 8.85. The summed E-state index contributed by atoms with van der Waals surface area (Å²) in [5.41, 5.74) is 0. The Morgan fingerprint density at radius 1 is 0.423 bits per heavy atom. The summed E-state index contributed by atoms with van der Waals surface area (Å²) in [6.07, 6.45) is 29.0. The first-order valence-electron chi connectivity index (χ1n) is 12.3. The Bertz CT molecular complexity index is 275. The van der Waals surface area contributed by atoms with Crippen LogP contribution in [0.1, 0.15) is 130 Å². The van der Waals surface area contributed by atoms with Crippen molar-refractivity contribution in [3.63, 3.8) is 0 Å². The van der Waals surface area contributed by atoms with Gasteiger partial charge in [0, 0.05) is 0 Å². The van der Waals surface area contributed by atoms with Crippen molar-refractivity contribution in [2.75, 3.05) is 24.6 Å². The zero-order valence-electron chi connectivity index (χ0n) is 19.0. The van der Waals surface area contributed by atoms with Gasteiger partial charge in [0.1, 0.15) is 0 Å². The Kier molecular flexibility index (Phi) is 17.4. The average molecular weight is 452 g/mol. The van der Waals surface area contributed by atoms with Crippen molar-refractivity contribution >= 4 is 20.8 Å². The van der Waals surface area contributed by atoms with E-state index in [9.17, 15) is 0 Å². The van der Waals surface area contributed by atoms with Crippen LogP contribution in [0.2, 0.25) is 0 Å². The fourth-order valence-corrected chi connectivity index (χ4v) is 9.72. The van der Waals surface area contributed by atoms with Crippen LogP contribution in [0.4, 0.5) is 0 Å². The van der Waals surface area contributed by atoms with Crippen molar-refractivity contribution in [1.29, 1.82) is 0 Å². The van der Waals surface area contributed by atoms with E-state index in [2.05, 4.69) is 43.2 Å². The van der Waals surface area contributed by atoms with E-state index in [4.69, 9.17) is 0 Å². The quantitative estimate of drug-likeness (QED) is 0.128. The molecule has 0 aromatic rings. The van der Waals surface area contributed by atoms with Gasteiger partial charge in [0.25, 0.3) is 0 Å². The predicted molar refractivity (Wildman–Crippen MR) is 132 cm³/mol. The third-order valence-electron chi connectivity index (χ3n) is 6.72. The molecule has 0 saturated heterocycles. The van der Waals surface area contributed by atoms with Crippen LogP contribution in [-0.4, -0.2) is 24.6 Å². The van der Waals surface area contributed by atoms with E-state index < -0.39 is 5.31 Å². The molecule has 0 atom stereocenters. The van der Waals surface area contributed by atoms with E-state index in [1.165, 1.54) is 127 Å². The van der Waals surface area contributed by atoms with Gasteiger partial charge in [0.2, 0.25) is 0 Å². The molecule has 160 valence electrons. The number of halogens is 1. The molecular formula is C24H52BrP. The fourth-order valence-electron chi connectivity index (χ4n) is 4.25. The Morgan fingerprint density at radius 2 is 0.692 bits per heavy atom. The standard InChI is InChI=1S/C24H52BrP/c1-5-9-11-13-15-17-19-21-23-26(25,7-3,8-4)24-22-20-18-16-14-12-10-6-2/h5-24H2,1-4H3. The van der Waals surface area contributed by atoms with Gasteiger partial charge >= 0.3 is 176 Å². The first-order valence-corrected chi connectivity index (χ1v) is 17.3. The number of unbranched alkanes of at least 4 members (excludes halogenated alkanes) is 14. The summed E-state index contributed by atoms with van der Waals surface area (Å²) in [6.45, 7) is 9.54. The van der Waals surface area contributed by atoms with Gasteiger partial charge in [0.05, 0.1) is 0 Å². The van der Waals surface area contributed by atoms with Gasteiger partial charge in [-0.3, -0.25) is 0 Å². The molecule has 0 unspecified atom stereocenters. The van der Waals surface area contributed by atoms with E-state index in [1.54, 1.807) is 0 Å². The van der Waals surface area contributed by atoms with Gasteiger partial charge < -0.3 is 0 Å². The minimum atomic E-state index is -1.57. The summed E-state index contributed by atoms with van der Waals surface area (Å²) >= 11 is 4.43. The Balaban J connectivity index is 3.95. The maximum atomic E-state index is 4.43. The third kappa shape index (κ3) is 13.1. The first kappa shape index (κ1) is 26.9. The van der Waals surface area contributed by atoms with Crippen molar-refractivity contribution in [3.8, 4) is 0 Å². The van der Waals surface area contributed by atoms with E-state index in [1.807, 2.05) is 0 Å². The van der Waals surface area contributed by atoms with Gasteiger partial charge in [-0.2, -0.15) is 0 Å². The molecule has 0 aromatic heterocycles. The molecule has 0 bridgehead atoms. The number of hydrogen-bond acceptors (Lipinski definition) is 0. The van der Waals surface area contributed by atoms with Gasteiger partial charge in [-0.25, -0.2) is 0 Å².